The van der Waals surface area contributed by atoms with Gasteiger partial charge in [0.25, 0.3) is 0 Å². The summed E-state index contributed by atoms with van der Waals surface area (Å²) in [7, 11) is 0. The van der Waals surface area contributed by atoms with Gasteiger partial charge in [0.05, 0.1) is 0 Å². The third-order valence-corrected chi connectivity index (χ3v) is 6.83. The van der Waals surface area contributed by atoms with Crippen LogP contribution in [0.3, 0.4) is 0 Å². The smallest absolute Gasteiger partial charge is 0.0128 e. The Hall–Kier alpha value is -1.34. The molecule has 1 aliphatic rings. The van der Waals surface area contributed by atoms with Crippen molar-refractivity contribution in [3.05, 3.63) is 58.7 Å². The Morgan fingerprint density at radius 1 is 1.06 bits per heavy atom. The summed E-state index contributed by atoms with van der Waals surface area (Å²) >= 11 is 0. The Morgan fingerprint density at radius 3 is 2.26 bits per heavy atom. The molecule has 0 aromatic heterocycles. The molecule has 34 heavy (non-hydrogen) atoms. The van der Waals surface area contributed by atoms with Gasteiger partial charge in [-0.2, -0.15) is 0 Å². The van der Waals surface area contributed by atoms with E-state index in [2.05, 4.69) is 84.6 Å². The predicted molar refractivity (Wildman–Crippen MR) is 157 cm³/mol. The van der Waals surface area contributed by atoms with E-state index in [0.717, 1.165) is 24.3 Å². The van der Waals surface area contributed by atoms with E-state index in [1.807, 2.05) is 27.7 Å². The number of benzene rings is 1. The van der Waals surface area contributed by atoms with Crippen molar-refractivity contribution in [3.63, 3.8) is 0 Å². The quantitative estimate of drug-likeness (QED) is 0.321. The monoisotopic (exact) mass is 469 g/mol. The molecule has 0 bridgehead atoms. The normalized spacial score (nSPS) is 16.5. The van der Waals surface area contributed by atoms with Gasteiger partial charge in [0.2, 0.25) is 0 Å². The second-order valence-electron chi connectivity index (χ2n) is 11.1. The number of aryl methyl sites for hydroxylation is 2. The standard InChI is InChI=1S/C29H47N.2C2H6/c1-9-27-18-26(16-24(27)6)19-29(7,8)30-20-22(4)11-10-12-28-17-25(15-21(2)3)14-13-23(28)5;2*1-2/h9,13-14,17,21-22,26,30H,1,10-12,15-16,18-20H2,2-8H3;2*1-2H3. The number of hydrogen-bond donors (Lipinski definition) is 1. The molecule has 0 heterocycles. The molecule has 0 fully saturated rings. The number of allylic oxidation sites excluding steroid dienone is 3. The lowest BCUT2D eigenvalue weighted by atomic mass is 9.87. The van der Waals surface area contributed by atoms with Crippen LogP contribution in [-0.4, -0.2) is 12.1 Å². The van der Waals surface area contributed by atoms with Crippen molar-refractivity contribution in [1.29, 1.82) is 0 Å². The highest BCUT2D eigenvalue weighted by molar-refractivity contribution is 5.31. The average Bonchev–Trinajstić information content (AvgIpc) is 3.15. The van der Waals surface area contributed by atoms with Crippen LogP contribution >= 0.6 is 0 Å². The molecule has 0 radical (unpaired) electrons. The van der Waals surface area contributed by atoms with Gasteiger partial charge in [-0.1, -0.05) is 84.9 Å². The first-order chi connectivity index (χ1) is 16.1. The lowest BCUT2D eigenvalue weighted by molar-refractivity contribution is 0.282. The van der Waals surface area contributed by atoms with Gasteiger partial charge >= 0.3 is 0 Å². The van der Waals surface area contributed by atoms with Crippen molar-refractivity contribution in [1.82, 2.24) is 5.32 Å². The van der Waals surface area contributed by atoms with E-state index in [0.29, 0.717) is 0 Å². The Balaban J connectivity index is 0.00000258. The number of hydrogen-bond acceptors (Lipinski definition) is 1. The maximum Gasteiger partial charge on any atom is 0.0128 e. The van der Waals surface area contributed by atoms with Crippen molar-refractivity contribution in [3.8, 4) is 0 Å². The average molecular weight is 470 g/mol. The largest absolute Gasteiger partial charge is 0.312 e. The maximum absolute atomic E-state index is 3.98. The molecule has 2 rings (SSSR count). The molecule has 2 atom stereocenters. The molecule has 0 saturated heterocycles. The predicted octanol–water partition coefficient (Wildman–Crippen LogP) is 9.88. The first-order valence-corrected chi connectivity index (χ1v) is 14.2. The van der Waals surface area contributed by atoms with Crippen LogP contribution in [0.25, 0.3) is 0 Å². The van der Waals surface area contributed by atoms with E-state index in [4.69, 9.17) is 0 Å². The summed E-state index contributed by atoms with van der Waals surface area (Å²) in [4.78, 5) is 0. The Bertz CT molecular complexity index is 722. The van der Waals surface area contributed by atoms with Crippen molar-refractivity contribution < 1.29 is 0 Å². The van der Waals surface area contributed by atoms with Crippen molar-refractivity contribution >= 4 is 0 Å². The summed E-state index contributed by atoms with van der Waals surface area (Å²) < 4.78 is 0. The molecular formula is C33H59N. The zero-order chi connectivity index (χ0) is 26.3. The van der Waals surface area contributed by atoms with Crippen LogP contribution in [0.4, 0.5) is 0 Å². The number of nitrogens with one attached hydrogen (secondary N) is 1. The first-order valence-electron chi connectivity index (χ1n) is 14.2. The lowest BCUT2D eigenvalue weighted by Gasteiger charge is -2.31. The van der Waals surface area contributed by atoms with Gasteiger partial charge < -0.3 is 5.32 Å². The molecule has 0 saturated carbocycles. The van der Waals surface area contributed by atoms with E-state index < -0.39 is 0 Å². The maximum atomic E-state index is 3.98. The Morgan fingerprint density at radius 2 is 1.71 bits per heavy atom. The highest BCUT2D eigenvalue weighted by Gasteiger charge is 2.27. The van der Waals surface area contributed by atoms with Crippen LogP contribution in [0.15, 0.2) is 42.0 Å². The van der Waals surface area contributed by atoms with Crippen LogP contribution in [0.2, 0.25) is 0 Å². The molecule has 0 aliphatic heterocycles. The summed E-state index contributed by atoms with van der Waals surface area (Å²) in [5, 5.41) is 3.88. The molecule has 1 N–H and O–H groups in total. The summed E-state index contributed by atoms with van der Waals surface area (Å²) in [5.41, 5.74) is 7.74. The zero-order valence-electron chi connectivity index (χ0n) is 24.9. The third kappa shape index (κ3) is 12.4. The van der Waals surface area contributed by atoms with Gasteiger partial charge in [0.1, 0.15) is 0 Å². The first kappa shape index (κ1) is 32.7. The van der Waals surface area contributed by atoms with Gasteiger partial charge in [-0.05, 0) is 119 Å². The molecule has 2 unspecified atom stereocenters. The second kappa shape index (κ2) is 17.1. The molecular weight excluding hydrogens is 410 g/mol. The van der Waals surface area contributed by atoms with Crippen molar-refractivity contribution in [2.45, 2.75) is 127 Å². The summed E-state index contributed by atoms with van der Waals surface area (Å²) in [6, 6.07) is 7.08. The minimum Gasteiger partial charge on any atom is -0.312 e. The Labute approximate surface area is 214 Å². The summed E-state index contributed by atoms with van der Waals surface area (Å²) in [5.74, 6) is 2.22. The molecule has 1 aliphatic carbocycles. The van der Waals surface area contributed by atoms with Gasteiger partial charge in [-0.3, -0.25) is 0 Å². The SMILES string of the molecule is C=CC1=C(C)CC(CC(C)(C)NCC(C)CCCc2cc(CC(C)C)ccc2C)C1.CC.CC. The van der Waals surface area contributed by atoms with Gasteiger partial charge in [0, 0.05) is 5.54 Å². The van der Waals surface area contributed by atoms with Crippen LogP contribution in [0.1, 0.15) is 118 Å². The molecule has 1 heteroatoms. The highest BCUT2D eigenvalue weighted by Crippen LogP contribution is 2.36. The summed E-state index contributed by atoms with van der Waals surface area (Å²) in [6.45, 7) is 29.4. The van der Waals surface area contributed by atoms with Crippen LogP contribution in [0, 0.1) is 24.7 Å². The molecule has 1 aromatic rings. The molecule has 0 spiro atoms. The minimum absolute atomic E-state index is 0.206. The Kier molecular flexibility index (Phi) is 16.5. The highest BCUT2D eigenvalue weighted by atomic mass is 15.0. The number of rotatable bonds is 12. The fraction of sp³-hybridized carbons (Fsp3) is 0.697. The third-order valence-electron chi connectivity index (χ3n) is 6.83. The fourth-order valence-corrected chi connectivity index (χ4v) is 5.10. The zero-order valence-corrected chi connectivity index (χ0v) is 24.9. The van der Waals surface area contributed by atoms with Gasteiger partial charge in [-0.25, -0.2) is 0 Å². The molecule has 0 amide bonds. The topological polar surface area (TPSA) is 12.0 Å². The van der Waals surface area contributed by atoms with E-state index >= 15 is 0 Å². The van der Waals surface area contributed by atoms with E-state index in [1.165, 1.54) is 61.6 Å². The molecule has 196 valence electrons. The fourth-order valence-electron chi connectivity index (χ4n) is 5.10. The van der Waals surface area contributed by atoms with E-state index in [9.17, 15) is 0 Å². The van der Waals surface area contributed by atoms with Crippen LogP contribution in [-0.2, 0) is 12.8 Å². The molecule has 1 aromatic carbocycles. The second-order valence-corrected chi connectivity index (χ2v) is 11.1. The lowest BCUT2D eigenvalue weighted by Crippen LogP contribution is -2.43. The van der Waals surface area contributed by atoms with E-state index in [-0.39, 0.29) is 5.54 Å². The minimum atomic E-state index is 0.206. The van der Waals surface area contributed by atoms with Crippen LogP contribution < -0.4 is 5.32 Å². The van der Waals surface area contributed by atoms with Gasteiger partial charge in [0.15, 0.2) is 0 Å². The van der Waals surface area contributed by atoms with Crippen molar-refractivity contribution in [2.24, 2.45) is 17.8 Å². The van der Waals surface area contributed by atoms with E-state index in [1.54, 1.807) is 11.1 Å². The summed E-state index contributed by atoms with van der Waals surface area (Å²) in [6.07, 6.45) is 10.7. The molecule has 1 nitrogen and oxygen atoms in total. The van der Waals surface area contributed by atoms with Crippen molar-refractivity contribution in [2.75, 3.05) is 6.54 Å². The van der Waals surface area contributed by atoms with Crippen LogP contribution in [0.5, 0.6) is 0 Å². The van der Waals surface area contributed by atoms with Gasteiger partial charge in [-0.15, -0.1) is 0 Å².